The molecule has 0 bridgehead atoms. The van der Waals surface area contributed by atoms with Crippen LogP contribution in [0, 0.1) is 0 Å². The monoisotopic (exact) mass is 476 g/mol. The molecule has 0 saturated heterocycles. The predicted octanol–water partition coefficient (Wildman–Crippen LogP) is 4.75. The highest BCUT2D eigenvalue weighted by Crippen LogP contribution is 2.30. The first-order valence-corrected chi connectivity index (χ1v) is 12.1. The van der Waals surface area contributed by atoms with Crippen LogP contribution < -0.4 is 16.0 Å². The Labute approximate surface area is 197 Å². The second-order valence-corrected chi connectivity index (χ2v) is 10.2. The Hall–Kier alpha value is -4.18. The average Bonchev–Trinajstić information content (AvgIpc) is 3.28. The summed E-state index contributed by atoms with van der Waals surface area (Å²) in [7, 11) is -3.52. The summed E-state index contributed by atoms with van der Waals surface area (Å²) in [5, 5.41) is 8.43. The number of aromatic amines is 1. The maximum absolute atomic E-state index is 12.9. The summed E-state index contributed by atoms with van der Waals surface area (Å²) in [6.07, 6.45) is 2.93. The minimum absolute atomic E-state index is 0.198. The van der Waals surface area contributed by atoms with E-state index in [0.29, 0.717) is 39.9 Å². The molecule has 0 atom stereocenters. The van der Waals surface area contributed by atoms with E-state index in [4.69, 9.17) is 0 Å². The van der Waals surface area contributed by atoms with Crippen molar-refractivity contribution in [1.82, 2.24) is 15.0 Å². The summed E-state index contributed by atoms with van der Waals surface area (Å²) >= 11 is 0. The third-order valence-corrected chi connectivity index (χ3v) is 7.26. The normalized spacial score (nSPS) is 11.4. The number of aromatic nitrogens is 3. The van der Waals surface area contributed by atoms with E-state index in [9.17, 15) is 13.2 Å². The minimum Gasteiger partial charge on any atom is -0.357 e. The third kappa shape index (κ3) is 4.76. The van der Waals surface area contributed by atoms with Crippen molar-refractivity contribution in [2.75, 3.05) is 16.0 Å². The van der Waals surface area contributed by atoms with E-state index in [0.717, 1.165) is 0 Å². The lowest BCUT2D eigenvalue weighted by Gasteiger charge is -2.15. The molecular formula is C24H24N6O3S. The van der Waals surface area contributed by atoms with Gasteiger partial charge in [-0.1, -0.05) is 24.8 Å². The molecule has 9 nitrogen and oxygen atoms in total. The van der Waals surface area contributed by atoms with Crippen LogP contribution >= 0.6 is 0 Å². The molecule has 1 amide bonds. The van der Waals surface area contributed by atoms with Gasteiger partial charge in [0.05, 0.1) is 21.3 Å². The van der Waals surface area contributed by atoms with Crippen molar-refractivity contribution in [3.05, 3.63) is 73.4 Å². The molecule has 0 radical (unpaired) electrons. The third-order valence-electron chi connectivity index (χ3n) is 5.04. The molecule has 2 aromatic heterocycles. The van der Waals surface area contributed by atoms with Gasteiger partial charge in [0, 0.05) is 17.6 Å². The number of rotatable bonds is 8. The highest BCUT2D eigenvalue weighted by molar-refractivity contribution is 7.92. The van der Waals surface area contributed by atoms with Crippen molar-refractivity contribution in [1.29, 1.82) is 0 Å². The summed E-state index contributed by atoms with van der Waals surface area (Å²) < 4.78 is 25.7. The summed E-state index contributed by atoms with van der Waals surface area (Å²) in [5.74, 6) is 0.398. The zero-order valence-electron chi connectivity index (χ0n) is 18.7. The number of sulfone groups is 1. The molecule has 4 N–H and O–H groups in total. The molecule has 0 spiro atoms. The van der Waals surface area contributed by atoms with E-state index in [1.54, 1.807) is 68.6 Å². The van der Waals surface area contributed by atoms with Gasteiger partial charge in [-0.3, -0.25) is 4.79 Å². The largest absolute Gasteiger partial charge is 0.357 e. The van der Waals surface area contributed by atoms with E-state index in [1.165, 1.54) is 6.08 Å². The number of hydrogen-bond donors (Lipinski definition) is 4. The van der Waals surface area contributed by atoms with E-state index in [-0.39, 0.29) is 10.8 Å². The number of carbonyl (C=O) groups is 1. The summed E-state index contributed by atoms with van der Waals surface area (Å²) in [6, 6.07) is 15.6. The lowest BCUT2D eigenvalue weighted by atomic mass is 10.2. The average molecular weight is 477 g/mol. The summed E-state index contributed by atoms with van der Waals surface area (Å²) in [4.78, 5) is 24.0. The SMILES string of the molecule is C=CC(=O)Nc1cccc(Nc2nc(Nc3ccccc3S(=O)(=O)C(C)C)c3[nH]ccc3n2)c1. The van der Waals surface area contributed by atoms with E-state index < -0.39 is 15.1 Å². The van der Waals surface area contributed by atoms with Gasteiger partial charge in [-0.25, -0.2) is 13.4 Å². The summed E-state index contributed by atoms with van der Waals surface area (Å²) in [6.45, 7) is 6.74. The number of nitrogens with one attached hydrogen (secondary N) is 4. The van der Waals surface area contributed by atoms with Crippen molar-refractivity contribution in [3.63, 3.8) is 0 Å². The maximum atomic E-state index is 12.9. The van der Waals surface area contributed by atoms with Gasteiger partial charge in [0.2, 0.25) is 11.9 Å². The van der Waals surface area contributed by atoms with Crippen LogP contribution in [0.2, 0.25) is 0 Å². The number of H-pyrrole nitrogens is 1. The van der Waals surface area contributed by atoms with Crippen LogP contribution in [0.4, 0.5) is 28.8 Å². The van der Waals surface area contributed by atoms with Crippen molar-refractivity contribution in [3.8, 4) is 0 Å². The Kier molecular flexibility index (Phi) is 6.33. The molecular weight excluding hydrogens is 452 g/mol. The zero-order chi connectivity index (χ0) is 24.3. The van der Waals surface area contributed by atoms with Crippen LogP contribution in [0.5, 0.6) is 0 Å². The zero-order valence-corrected chi connectivity index (χ0v) is 19.5. The van der Waals surface area contributed by atoms with Crippen LogP contribution in [-0.2, 0) is 14.6 Å². The molecule has 0 aliphatic carbocycles. The molecule has 34 heavy (non-hydrogen) atoms. The van der Waals surface area contributed by atoms with E-state index in [1.807, 2.05) is 6.07 Å². The van der Waals surface area contributed by atoms with Gasteiger partial charge in [0.25, 0.3) is 0 Å². The molecule has 10 heteroatoms. The van der Waals surface area contributed by atoms with E-state index >= 15 is 0 Å². The lowest BCUT2D eigenvalue weighted by Crippen LogP contribution is -2.15. The minimum atomic E-state index is -3.52. The van der Waals surface area contributed by atoms with Gasteiger partial charge in [0.1, 0.15) is 5.52 Å². The second kappa shape index (κ2) is 9.36. The Morgan fingerprint density at radius 1 is 1.03 bits per heavy atom. The first-order chi connectivity index (χ1) is 16.3. The first-order valence-electron chi connectivity index (χ1n) is 10.5. The number of anilines is 5. The van der Waals surface area contributed by atoms with Gasteiger partial charge < -0.3 is 20.9 Å². The number of nitrogens with zero attached hydrogens (tertiary/aromatic N) is 2. The number of hydrogen-bond acceptors (Lipinski definition) is 7. The van der Waals surface area contributed by atoms with Gasteiger partial charge in [-0.05, 0) is 56.3 Å². The van der Waals surface area contributed by atoms with Crippen LogP contribution in [-0.4, -0.2) is 34.5 Å². The van der Waals surface area contributed by atoms with Crippen LogP contribution in [0.15, 0.2) is 78.3 Å². The van der Waals surface area contributed by atoms with Gasteiger partial charge in [-0.15, -0.1) is 0 Å². The Bertz CT molecular complexity index is 1480. The number of fused-ring (bicyclic) bond motifs is 1. The first kappa shape index (κ1) is 23.0. The smallest absolute Gasteiger partial charge is 0.247 e. The standard InChI is InChI=1S/C24H24N6O3S/c1-4-21(31)26-16-8-7-9-17(14-16)27-24-29-19-12-13-25-22(19)23(30-24)28-18-10-5-6-11-20(18)34(32,33)15(2)3/h4-15,25H,1H2,2-3H3,(H,26,31)(H2,27,28,29,30). The van der Waals surface area contributed by atoms with Gasteiger partial charge >= 0.3 is 0 Å². The molecule has 0 fully saturated rings. The Balaban J connectivity index is 1.70. The topological polar surface area (TPSA) is 129 Å². The Morgan fingerprint density at radius 3 is 2.56 bits per heavy atom. The fraction of sp³-hybridized carbons (Fsp3) is 0.125. The van der Waals surface area contributed by atoms with Crippen LogP contribution in [0.1, 0.15) is 13.8 Å². The van der Waals surface area contributed by atoms with Crippen molar-refractivity contribution < 1.29 is 13.2 Å². The number of benzene rings is 2. The van der Waals surface area contributed by atoms with Crippen LogP contribution in [0.3, 0.4) is 0 Å². The quantitative estimate of drug-likeness (QED) is 0.270. The van der Waals surface area contributed by atoms with Gasteiger partial charge in [0.15, 0.2) is 15.7 Å². The predicted molar refractivity (Wildman–Crippen MR) is 134 cm³/mol. The molecule has 2 aromatic carbocycles. The molecule has 174 valence electrons. The molecule has 0 saturated carbocycles. The lowest BCUT2D eigenvalue weighted by molar-refractivity contribution is -0.111. The van der Waals surface area contributed by atoms with Gasteiger partial charge in [-0.2, -0.15) is 4.98 Å². The number of carbonyl (C=O) groups excluding carboxylic acids is 1. The fourth-order valence-electron chi connectivity index (χ4n) is 3.29. The van der Waals surface area contributed by atoms with Crippen molar-refractivity contribution in [2.45, 2.75) is 24.0 Å². The molecule has 4 rings (SSSR count). The molecule has 0 aliphatic rings. The molecule has 2 heterocycles. The van der Waals surface area contributed by atoms with Crippen LogP contribution in [0.25, 0.3) is 11.0 Å². The molecule has 0 unspecified atom stereocenters. The molecule has 4 aromatic rings. The second-order valence-electron chi connectivity index (χ2n) is 7.75. The highest BCUT2D eigenvalue weighted by Gasteiger charge is 2.23. The Morgan fingerprint density at radius 2 is 1.79 bits per heavy atom. The van der Waals surface area contributed by atoms with Crippen molar-refractivity contribution in [2.24, 2.45) is 0 Å². The fourth-order valence-corrected chi connectivity index (χ4v) is 4.49. The highest BCUT2D eigenvalue weighted by atomic mass is 32.2. The summed E-state index contributed by atoms with van der Waals surface area (Å²) in [5.41, 5.74) is 2.94. The maximum Gasteiger partial charge on any atom is 0.247 e. The van der Waals surface area contributed by atoms with Crippen molar-refractivity contribution >= 4 is 55.6 Å². The van der Waals surface area contributed by atoms with E-state index in [2.05, 4.69) is 37.5 Å². The number of amides is 1. The number of para-hydroxylation sites is 1. The molecule has 0 aliphatic heterocycles.